The minimum absolute atomic E-state index is 0.0655. The number of carbonyl (C=O) groups is 2. The van der Waals surface area contributed by atoms with Crippen molar-refractivity contribution in [3.63, 3.8) is 0 Å². The zero-order chi connectivity index (χ0) is 18.4. The number of para-hydroxylation sites is 2. The van der Waals surface area contributed by atoms with Gasteiger partial charge in [-0.05, 0) is 36.8 Å². The van der Waals surface area contributed by atoms with Gasteiger partial charge in [0.1, 0.15) is 0 Å². The lowest BCUT2D eigenvalue weighted by Crippen LogP contribution is -2.18. The number of benzene rings is 2. The van der Waals surface area contributed by atoms with Crippen LogP contribution in [0.3, 0.4) is 0 Å². The number of hydrogen-bond donors (Lipinski definition) is 3. The number of amides is 2. The molecule has 2 amide bonds. The van der Waals surface area contributed by atoms with Crippen LogP contribution in [0.2, 0.25) is 0 Å². The summed E-state index contributed by atoms with van der Waals surface area (Å²) >= 11 is 1.60. The molecule has 0 bridgehead atoms. The molecule has 0 aliphatic heterocycles. The van der Waals surface area contributed by atoms with Crippen molar-refractivity contribution in [1.82, 2.24) is 15.3 Å². The lowest BCUT2D eigenvalue weighted by atomic mass is 10.2. The van der Waals surface area contributed by atoms with E-state index >= 15 is 0 Å². The molecule has 3 rings (SSSR count). The van der Waals surface area contributed by atoms with Crippen LogP contribution < -0.4 is 10.6 Å². The van der Waals surface area contributed by atoms with Gasteiger partial charge in [-0.1, -0.05) is 30.0 Å². The molecule has 0 radical (unpaired) electrons. The van der Waals surface area contributed by atoms with Crippen LogP contribution in [0.25, 0.3) is 11.0 Å². The van der Waals surface area contributed by atoms with E-state index < -0.39 is 0 Å². The van der Waals surface area contributed by atoms with Gasteiger partial charge in [-0.15, -0.1) is 0 Å². The predicted molar refractivity (Wildman–Crippen MR) is 105 cm³/mol. The van der Waals surface area contributed by atoms with Crippen LogP contribution in [-0.2, 0) is 4.79 Å². The first-order valence-electron chi connectivity index (χ1n) is 8.35. The van der Waals surface area contributed by atoms with Gasteiger partial charge in [-0.25, -0.2) is 4.98 Å². The van der Waals surface area contributed by atoms with Crippen LogP contribution >= 0.6 is 11.8 Å². The first-order valence-corrected chi connectivity index (χ1v) is 9.34. The van der Waals surface area contributed by atoms with Crippen LogP contribution in [0, 0.1) is 0 Å². The van der Waals surface area contributed by atoms with E-state index in [0.29, 0.717) is 17.7 Å². The summed E-state index contributed by atoms with van der Waals surface area (Å²) in [5.74, 6) is 0.554. The molecule has 0 atom stereocenters. The molecule has 7 heteroatoms. The molecule has 134 valence electrons. The van der Waals surface area contributed by atoms with Gasteiger partial charge in [-0.3, -0.25) is 9.59 Å². The molecule has 6 nitrogen and oxygen atoms in total. The number of aromatic nitrogens is 2. The molecular weight excluding hydrogens is 348 g/mol. The minimum Gasteiger partial charge on any atom is -0.355 e. The monoisotopic (exact) mass is 368 g/mol. The summed E-state index contributed by atoms with van der Waals surface area (Å²) in [4.78, 5) is 31.5. The normalized spacial score (nSPS) is 10.7. The SMILES string of the molecule is CNC(=O)c1cccc(NC(=O)CCCSc2nc3ccccc3[nH]2)c1. The van der Waals surface area contributed by atoms with Crippen LogP contribution in [0.5, 0.6) is 0 Å². The number of hydrogen-bond acceptors (Lipinski definition) is 4. The third kappa shape index (κ3) is 4.64. The van der Waals surface area contributed by atoms with Crippen molar-refractivity contribution in [2.75, 3.05) is 18.1 Å². The highest BCUT2D eigenvalue weighted by Crippen LogP contribution is 2.20. The topological polar surface area (TPSA) is 86.9 Å². The second-order valence-electron chi connectivity index (χ2n) is 5.72. The first-order chi connectivity index (χ1) is 12.7. The van der Waals surface area contributed by atoms with E-state index in [1.807, 2.05) is 24.3 Å². The van der Waals surface area contributed by atoms with Crippen molar-refractivity contribution in [1.29, 1.82) is 0 Å². The maximum atomic E-state index is 12.1. The van der Waals surface area contributed by atoms with Crippen LogP contribution in [0.4, 0.5) is 5.69 Å². The fourth-order valence-electron chi connectivity index (χ4n) is 2.51. The molecule has 3 aromatic rings. The van der Waals surface area contributed by atoms with Crippen molar-refractivity contribution < 1.29 is 9.59 Å². The second kappa shape index (κ2) is 8.53. The smallest absolute Gasteiger partial charge is 0.251 e. The Kier molecular flexibility index (Phi) is 5.91. The Balaban J connectivity index is 1.45. The van der Waals surface area contributed by atoms with E-state index in [-0.39, 0.29) is 11.8 Å². The summed E-state index contributed by atoms with van der Waals surface area (Å²) in [6.07, 6.45) is 1.15. The first kappa shape index (κ1) is 18.0. The predicted octanol–water partition coefficient (Wildman–Crippen LogP) is 3.43. The van der Waals surface area contributed by atoms with Gasteiger partial charge in [0.2, 0.25) is 5.91 Å². The largest absolute Gasteiger partial charge is 0.355 e. The molecule has 0 aliphatic rings. The van der Waals surface area contributed by atoms with Gasteiger partial charge >= 0.3 is 0 Å². The standard InChI is InChI=1S/C19H20N4O2S/c1-20-18(25)13-6-4-7-14(12-13)21-17(24)10-5-11-26-19-22-15-8-2-3-9-16(15)23-19/h2-4,6-9,12H,5,10-11H2,1H3,(H,20,25)(H,21,24)(H,22,23). The Morgan fingerprint density at radius 2 is 2.00 bits per heavy atom. The van der Waals surface area contributed by atoms with Crippen molar-refractivity contribution in [2.24, 2.45) is 0 Å². The average Bonchev–Trinajstić information content (AvgIpc) is 3.07. The molecule has 0 saturated heterocycles. The Morgan fingerprint density at radius 3 is 2.81 bits per heavy atom. The lowest BCUT2D eigenvalue weighted by Gasteiger charge is -2.07. The molecule has 0 unspecified atom stereocenters. The molecule has 1 aromatic heterocycles. The van der Waals surface area contributed by atoms with E-state index in [1.165, 1.54) is 0 Å². The van der Waals surface area contributed by atoms with Gasteiger partial charge in [0.15, 0.2) is 5.16 Å². The van der Waals surface area contributed by atoms with Crippen LogP contribution in [-0.4, -0.2) is 34.6 Å². The number of thioether (sulfide) groups is 1. The van der Waals surface area contributed by atoms with Crippen molar-refractivity contribution >= 4 is 40.3 Å². The molecule has 0 saturated carbocycles. The van der Waals surface area contributed by atoms with E-state index in [9.17, 15) is 9.59 Å². The minimum atomic E-state index is -0.177. The van der Waals surface area contributed by atoms with Crippen LogP contribution in [0.1, 0.15) is 23.2 Å². The number of anilines is 1. The molecule has 0 spiro atoms. The number of fused-ring (bicyclic) bond motifs is 1. The van der Waals surface area contributed by atoms with Crippen molar-refractivity contribution in [3.8, 4) is 0 Å². The number of aromatic amines is 1. The Hall–Kier alpha value is -2.80. The fraction of sp³-hybridized carbons (Fsp3) is 0.211. The molecular formula is C19H20N4O2S. The number of nitrogens with one attached hydrogen (secondary N) is 3. The lowest BCUT2D eigenvalue weighted by molar-refractivity contribution is -0.116. The van der Waals surface area contributed by atoms with Gasteiger partial charge in [0, 0.05) is 30.5 Å². The highest BCUT2D eigenvalue weighted by molar-refractivity contribution is 7.99. The molecule has 1 heterocycles. The van der Waals surface area contributed by atoms with E-state index in [1.54, 1.807) is 43.1 Å². The van der Waals surface area contributed by atoms with Crippen molar-refractivity contribution in [3.05, 3.63) is 54.1 Å². The Morgan fingerprint density at radius 1 is 1.15 bits per heavy atom. The summed E-state index contributed by atoms with van der Waals surface area (Å²) in [7, 11) is 1.58. The number of carbonyl (C=O) groups excluding carboxylic acids is 2. The van der Waals surface area contributed by atoms with Gasteiger partial charge in [0.05, 0.1) is 11.0 Å². The molecule has 0 aliphatic carbocycles. The number of H-pyrrole nitrogens is 1. The summed E-state index contributed by atoms with van der Waals surface area (Å²) in [5.41, 5.74) is 3.11. The fourth-order valence-corrected chi connectivity index (χ4v) is 3.33. The summed E-state index contributed by atoms with van der Waals surface area (Å²) in [6.45, 7) is 0. The van der Waals surface area contributed by atoms with Gasteiger partial charge in [-0.2, -0.15) is 0 Å². The number of rotatable bonds is 7. The molecule has 26 heavy (non-hydrogen) atoms. The maximum Gasteiger partial charge on any atom is 0.251 e. The van der Waals surface area contributed by atoms with Gasteiger partial charge < -0.3 is 15.6 Å². The highest BCUT2D eigenvalue weighted by Gasteiger charge is 2.07. The maximum absolute atomic E-state index is 12.1. The van der Waals surface area contributed by atoms with Crippen molar-refractivity contribution in [2.45, 2.75) is 18.0 Å². The number of nitrogens with zero attached hydrogens (tertiary/aromatic N) is 1. The summed E-state index contributed by atoms with van der Waals surface area (Å²) in [5, 5.41) is 6.26. The average molecular weight is 368 g/mol. The third-order valence-corrected chi connectivity index (χ3v) is 4.75. The highest BCUT2D eigenvalue weighted by atomic mass is 32.2. The number of imidazole rings is 1. The van der Waals surface area contributed by atoms with Gasteiger partial charge in [0.25, 0.3) is 5.91 Å². The summed E-state index contributed by atoms with van der Waals surface area (Å²) in [6, 6.07) is 14.8. The Labute approximate surface area is 155 Å². The Bertz CT molecular complexity index is 890. The van der Waals surface area contributed by atoms with E-state index in [2.05, 4.69) is 20.6 Å². The van der Waals surface area contributed by atoms with E-state index in [0.717, 1.165) is 28.4 Å². The quantitative estimate of drug-likeness (QED) is 0.440. The zero-order valence-corrected chi connectivity index (χ0v) is 15.2. The zero-order valence-electron chi connectivity index (χ0n) is 14.4. The summed E-state index contributed by atoms with van der Waals surface area (Å²) < 4.78 is 0. The molecule has 0 fully saturated rings. The molecule has 3 N–H and O–H groups in total. The van der Waals surface area contributed by atoms with E-state index in [4.69, 9.17) is 0 Å². The molecule has 2 aromatic carbocycles. The third-order valence-electron chi connectivity index (χ3n) is 3.79. The van der Waals surface area contributed by atoms with Crippen LogP contribution in [0.15, 0.2) is 53.7 Å². The second-order valence-corrected chi connectivity index (χ2v) is 6.80.